The molecule has 0 radical (unpaired) electrons. The number of rotatable bonds is 7. The van der Waals surface area contributed by atoms with E-state index in [1.165, 1.54) is 0 Å². The largest absolute Gasteiger partial charge is 2.00 e. The number of hydrogen-bond acceptors (Lipinski definition) is 4. The topological polar surface area (TPSA) is 77.2 Å². The van der Waals surface area contributed by atoms with E-state index in [2.05, 4.69) is 27.7 Å². The van der Waals surface area contributed by atoms with Crippen molar-refractivity contribution in [3.8, 4) is 22.8 Å². The number of hydrogen-bond donors (Lipinski definition) is 1. The minimum absolute atomic E-state index is 0. The van der Waals surface area contributed by atoms with Gasteiger partial charge in [0.25, 0.3) is 5.56 Å². The Morgan fingerprint density at radius 2 is 2.00 bits per heavy atom. The van der Waals surface area contributed by atoms with E-state index in [9.17, 15) is 4.79 Å². The fourth-order valence-corrected chi connectivity index (χ4v) is 3.81. The van der Waals surface area contributed by atoms with Crippen molar-refractivity contribution < 1.29 is 35.9 Å². The van der Waals surface area contributed by atoms with Gasteiger partial charge in [0, 0.05) is 31.2 Å². The Kier molecular flexibility index (Phi) is 12.6. The predicted molar refractivity (Wildman–Crippen MR) is 148 cm³/mol. The maximum atomic E-state index is 13.3. The number of aromatic amines is 1. The van der Waals surface area contributed by atoms with Crippen molar-refractivity contribution in [1.82, 2.24) is 24.1 Å². The van der Waals surface area contributed by atoms with Crippen LogP contribution in [0.3, 0.4) is 0 Å². The van der Waals surface area contributed by atoms with Gasteiger partial charge >= 0.3 is 31.1 Å². The number of benzene rings is 1. The second-order valence-corrected chi connectivity index (χ2v) is 7.66. The molecule has 7 nitrogen and oxygen atoms in total. The van der Waals surface area contributed by atoms with Crippen molar-refractivity contribution in [3.63, 3.8) is 0 Å². The quantitative estimate of drug-likeness (QED) is 0.140. The van der Waals surface area contributed by atoms with E-state index >= 15 is 0 Å². The van der Waals surface area contributed by atoms with Crippen LogP contribution in [0.25, 0.3) is 33.9 Å². The van der Waals surface area contributed by atoms with Crippen LogP contribution in [0, 0.1) is 51.5 Å². The van der Waals surface area contributed by atoms with Crippen LogP contribution in [0.1, 0.15) is 38.3 Å². The molecule has 37 heavy (non-hydrogen) atoms. The van der Waals surface area contributed by atoms with Crippen molar-refractivity contribution in [2.45, 2.75) is 34.1 Å². The van der Waals surface area contributed by atoms with E-state index in [0.29, 0.717) is 28.3 Å². The predicted octanol–water partition coefficient (Wildman–Crippen LogP) is 6.18. The molecule has 4 aromatic rings. The third-order valence-electron chi connectivity index (χ3n) is 5.44. The zero-order chi connectivity index (χ0) is 25.5. The average Bonchev–Trinajstić information content (AvgIpc) is 3.47. The Hall–Kier alpha value is -3.08. The number of fused-ring (bicyclic) bond motifs is 1. The van der Waals surface area contributed by atoms with Gasteiger partial charge in [-0.05, 0) is 29.7 Å². The number of allylic oxidation sites excluding steroid dienone is 4. The van der Waals surface area contributed by atoms with Crippen molar-refractivity contribution in [2.24, 2.45) is 7.05 Å². The van der Waals surface area contributed by atoms with Gasteiger partial charge in [0.05, 0.1) is 7.11 Å². The molecule has 1 aromatic carbocycles. The Morgan fingerprint density at radius 3 is 2.59 bits per heavy atom. The van der Waals surface area contributed by atoms with Crippen molar-refractivity contribution >= 4 is 11.1 Å². The van der Waals surface area contributed by atoms with Crippen LogP contribution in [0.15, 0.2) is 72.2 Å². The first-order valence-electron chi connectivity index (χ1n) is 11.7. The number of ether oxygens (including phenoxy) is 1. The molecule has 0 spiro atoms. The molecule has 0 unspecified atom stereocenters. The minimum Gasteiger partial charge on any atom is -0.497 e. The summed E-state index contributed by atoms with van der Waals surface area (Å²) in [6.07, 6.45) is 11.9. The van der Waals surface area contributed by atoms with Gasteiger partial charge in [-0.1, -0.05) is 40.3 Å². The second-order valence-electron chi connectivity index (χ2n) is 7.66. The normalized spacial score (nSPS) is 10.9. The zero-order valence-electron chi connectivity index (χ0n) is 22.7. The summed E-state index contributed by atoms with van der Waals surface area (Å²) in [5, 5.41) is 4.67. The average molecular weight is 724 g/mol. The third-order valence-corrected chi connectivity index (χ3v) is 5.44. The number of nitrogens with zero attached hydrogens (tertiary/aromatic N) is 4. The van der Waals surface area contributed by atoms with Gasteiger partial charge in [0.2, 0.25) is 0 Å². The number of aromatic nitrogens is 5. The summed E-state index contributed by atoms with van der Waals surface area (Å²) in [5.41, 5.74) is 4.31. The fraction of sp³-hybridized carbons (Fsp3) is 0.241. The van der Waals surface area contributed by atoms with Gasteiger partial charge in [-0.2, -0.15) is 29.8 Å². The van der Waals surface area contributed by atoms with Crippen molar-refractivity contribution in [1.29, 1.82) is 0 Å². The van der Waals surface area contributed by atoms with Crippen LogP contribution >= 0.6 is 0 Å². The third kappa shape index (κ3) is 6.82. The fourth-order valence-electron chi connectivity index (χ4n) is 3.81. The first kappa shape index (κ1) is 32.0. The first-order valence-corrected chi connectivity index (χ1v) is 11.7. The molecule has 3 aromatic heterocycles. The van der Waals surface area contributed by atoms with Crippen LogP contribution in [0.2, 0.25) is 0 Å². The van der Waals surface area contributed by atoms with E-state index in [1.54, 1.807) is 28.6 Å². The molecule has 0 saturated heterocycles. The van der Waals surface area contributed by atoms with Crippen LogP contribution in [0.5, 0.6) is 0 Å². The molecule has 1 N–H and O–H groups in total. The summed E-state index contributed by atoms with van der Waals surface area (Å²) in [6, 6.07) is 9.04. The van der Waals surface area contributed by atoms with Crippen LogP contribution in [-0.4, -0.2) is 31.3 Å². The summed E-state index contributed by atoms with van der Waals surface area (Å²) in [6.45, 7) is 12.3. The molecule has 0 aliphatic carbocycles. The van der Waals surface area contributed by atoms with E-state index in [4.69, 9.17) is 4.74 Å². The maximum absolute atomic E-state index is 13.3. The summed E-state index contributed by atoms with van der Waals surface area (Å²) in [4.78, 5) is 20.5. The number of nitrogens with one attached hydrogen (secondary N) is 1. The van der Waals surface area contributed by atoms with Gasteiger partial charge in [0.15, 0.2) is 11.6 Å². The van der Waals surface area contributed by atoms with E-state index in [0.717, 1.165) is 28.9 Å². The minimum atomic E-state index is -0.271. The molecule has 4 rings (SSSR count). The molecule has 0 aliphatic rings. The molecule has 0 bridgehead atoms. The molecule has 0 aliphatic heterocycles. The van der Waals surface area contributed by atoms with Crippen molar-refractivity contribution in [3.05, 3.63) is 102 Å². The van der Waals surface area contributed by atoms with Gasteiger partial charge < -0.3 is 21.7 Å². The summed E-state index contributed by atoms with van der Waals surface area (Å²) in [5.74, 6) is 1.69. The summed E-state index contributed by atoms with van der Waals surface area (Å²) in [7, 11) is 3.48. The number of imidazole rings is 1. The Labute approximate surface area is 243 Å². The molecule has 3 heterocycles. The van der Waals surface area contributed by atoms with Crippen LogP contribution in [0.4, 0.5) is 0 Å². The summed E-state index contributed by atoms with van der Waals surface area (Å²) < 4.78 is 8.82. The number of H-pyrrole nitrogens is 1. The molecule has 0 fully saturated rings. The van der Waals surface area contributed by atoms with Gasteiger partial charge in [-0.15, -0.1) is 10.7 Å². The molecule has 0 amide bonds. The van der Waals surface area contributed by atoms with Gasteiger partial charge in [0.1, 0.15) is 11.3 Å². The monoisotopic (exact) mass is 723 g/mol. The van der Waals surface area contributed by atoms with Gasteiger partial charge in [-0.25, -0.2) is 9.50 Å². The van der Waals surface area contributed by atoms with Gasteiger partial charge in [-0.3, -0.25) is 4.79 Å². The Bertz CT molecular complexity index is 1460. The first-order chi connectivity index (χ1) is 16.9. The van der Waals surface area contributed by atoms with Crippen LogP contribution in [-0.2, 0) is 11.8 Å². The maximum Gasteiger partial charge on any atom is 2.00 e. The Balaban J connectivity index is 0.00000167. The van der Waals surface area contributed by atoms with Crippen molar-refractivity contribution in [2.75, 3.05) is 7.11 Å². The number of methoxy groups -OCH3 is 1. The molecule has 0 saturated carbocycles. The van der Waals surface area contributed by atoms with Crippen LogP contribution < -0.4 is 5.56 Å². The standard InChI is InChI=1S/C26H26N5O2.C2H6.CH3.U/c1-6-9-19(33-5)13-12-18(3)22-21(20-11-8-7-10-17(20)2)16-31-23(22)26(32)28-24(29-31)25-27-14-15-30(25)4;1-2;;/h7-9,11-16H,3,6H2,1-2,4-5H3,(H,28,29,32);1-2H3;1H3;/q-1;;-1;+2/b13-12-,19-9+;;;. The van der Waals surface area contributed by atoms with E-state index < -0.39 is 0 Å². The molecule has 8 heteroatoms. The Morgan fingerprint density at radius 1 is 1.27 bits per heavy atom. The molecular formula is C29H35N5O2U. The molecular weight excluding hydrogens is 688 g/mol. The second kappa shape index (κ2) is 14.6. The molecule has 192 valence electrons. The van der Waals surface area contributed by atoms with E-state index in [-0.39, 0.29) is 44.1 Å². The smallest absolute Gasteiger partial charge is 0.497 e. The number of aryl methyl sites for hydroxylation is 2. The van der Waals surface area contributed by atoms with E-state index in [1.807, 2.05) is 77.4 Å². The SMILES string of the molecule is C=C(/C=C\C(=C/CC)OC)c1c(-c2ccc[c-]c2C)cn2nc(-c3nccn3C)[nH]c(=O)c12.CC.[CH3-].[U+2]. The summed E-state index contributed by atoms with van der Waals surface area (Å²) >= 11 is 0. The molecule has 0 atom stereocenters. The zero-order valence-corrected chi connectivity index (χ0v) is 26.9.